The summed E-state index contributed by atoms with van der Waals surface area (Å²) in [5, 5.41) is 23.1. The lowest BCUT2D eigenvalue weighted by atomic mass is 10.0. The van der Waals surface area contributed by atoms with Gasteiger partial charge in [0, 0.05) is 12.8 Å². The molecule has 0 aliphatic heterocycles. The van der Waals surface area contributed by atoms with Crippen LogP contribution in [0.25, 0.3) is 0 Å². The van der Waals surface area contributed by atoms with Gasteiger partial charge >= 0.3 is 5.97 Å². The number of aliphatic hydroxyl groups is 2. The molecule has 0 spiro atoms. The Morgan fingerprint density at radius 3 is 1.45 bits per heavy atom. The van der Waals surface area contributed by atoms with Crippen LogP contribution < -0.4 is 5.32 Å². The highest BCUT2D eigenvalue weighted by molar-refractivity contribution is 5.76. The van der Waals surface area contributed by atoms with Gasteiger partial charge in [-0.15, -0.1) is 0 Å². The molecule has 0 aromatic rings. The predicted octanol–water partition coefficient (Wildman–Crippen LogP) is 14.1. The lowest BCUT2D eigenvalue weighted by Gasteiger charge is -2.22. The third-order valence-electron chi connectivity index (χ3n) is 10.9. The Morgan fingerprint density at radius 1 is 0.500 bits per heavy atom. The molecule has 0 saturated heterocycles. The summed E-state index contributed by atoms with van der Waals surface area (Å²) in [6.07, 6.45) is 53.9. The van der Waals surface area contributed by atoms with E-state index in [9.17, 15) is 19.8 Å². The van der Waals surface area contributed by atoms with Crippen molar-refractivity contribution in [2.45, 2.75) is 257 Å². The SMILES string of the molecule is CCCCC/C=C\C/C=C\CCCCCCCCCC(=O)OCCCCCC/C=C\CCCC(=O)NC(CO)C(O)CCCCCCCCCCCCCCC. The standard InChI is InChI=1S/C50H93NO5/c1-3-5-7-9-11-13-15-17-18-19-20-22-24-28-32-36-40-44-50(55)56-45-41-37-33-29-25-27-31-35-39-43-49(54)51-47(46-52)48(53)42-38-34-30-26-23-21-16-14-12-10-8-6-4-2/h11,13,17-18,27,31,47-48,52-53H,3-10,12,14-16,19-26,28-30,32-46H2,1-2H3,(H,51,54)/b13-11-,18-17-,31-27-. The fourth-order valence-electron chi connectivity index (χ4n) is 7.14. The number of carbonyl (C=O) groups is 2. The van der Waals surface area contributed by atoms with E-state index in [0.717, 1.165) is 77.0 Å². The van der Waals surface area contributed by atoms with Crippen LogP contribution in [0.4, 0.5) is 0 Å². The molecule has 56 heavy (non-hydrogen) atoms. The molecule has 0 rings (SSSR count). The molecule has 0 aliphatic carbocycles. The molecular weight excluding hydrogens is 695 g/mol. The molecule has 6 heteroatoms. The molecule has 0 aliphatic rings. The molecule has 0 aromatic heterocycles. The number of esters is 1. The van der Waals surface area contributed by atoms with Crippen LogP contribution in [0, 0.1) is 0 Å². The van der Waals surface area contributed by atoms with E-state index in [1.807, 2.05) is 0 Å². The summed E-state index contributed by atoms with van der Waals surface area (Å²) in [4.78, 5) is 24.4. The van der Waals surface area contributed by atoms with E-state index in [2.05, 4.69) is 55.6 Å². The molecule has 0 fully saturated rings. The monoisotopic (exact) mass is 788 g/mol. The summed E-state index contributed by atoms with van der Waals surface area (Å²) in [7, 11) is 0. The number of amides is 1. The summed E-state index contributed by atoms with van der Waals surface area (Å²) in [6.45, 7) is 4.82. The lowest BCUT2D eigenvalue weighted by molar-refractivity contribution is -0.143. The first kappa shape index (κ1) is 54.1. The largest absolute Gasteiger partial charge is 0.466 e. The average molecular weight is 788 g/mol. The second kappa shape index (κ2) is 45.8. The molecule has 0 aromatic carbocycles. The summed E-state index contributed by atoms with van der Waals surface area (Å²) < 4.78 is 5.43. The number of nitrogens with one attached hydrogen (secondary N) is 1. The van der Waals surface area contributed by atoms with E-state index in [4.69, 9.17) is 4.74 Å². The van der Waals surface area contributed by atoms with Gasteiger partial charge in [0.2, 0.25) is 5.91 Å². The number of hydrogen-bond donors (Lipinski definition) is 3. The molecular formula is C50H93NO5. The van der Waals surface area contributed by atoms with Crippen molar-refractivity contribution in [2.24, 2.45) is 0 Å². The first-order valence-corrected chi connectivity index (χ1v) is 24.2. The molecule has 0 bridgehead atoms. The van der Waals surface area contributed by atoms with Crippen molar-refractivity contribution in [2.75, 3.05) is 13.2 Å². The number of carbonyl (C=O) groups excluding carboxylic acids is 2. The smallest absolute Gasteiger partial charge is 0.305 e. The minimum absolute atomic E-state index is 0.0442. The van der Waals surface area contributed by atoms with Crippen LogP contribution in [0.1, 0.15) is 245 Å². The summed E-state index contributed by atoms with van der Waals surface area (Å²) in [6, 6.07) is -0.579. The highest BCUT2D eigenvalue weighted by Crippen LogP contribution is 2.15. The highest BCUT2D eigenvalue weighted by atomic mass is 16.5. The van der Waals surface area contributed by atoms with E-state index in [1.54, 1.807) is 0 Å². The van der Waals surface area contributed by atoms with E-state index < -0.39 is 12.1 Å². The van der Waals surface area contributed by atoms with Gasteiger partial charge in [-0.1, -0.05) is 192 Å². The Hall–Kier alpha value is -1.92. The van der Waals surface area contributed by atoms with E-state index >= 15 is 0 Å². The molecule has 328 valence electrons. The fraction of sp³-hybridized carbons (Fsp3) is 0.840. The summed E-state index contributed by atoms with van der Waals surface area (Å²) >= 11 is 0. The Balaban J connectivity index is 3.55. The molecule has 0 heterocycles. The van der Waals surface area contributed by atoms with Crippen LogP contribution in [0.3, 0.4) is 0 Å². The van der Waals surface area contributed by atoms with E-state index in [0.29, 0.717) is 25.9 Å². The van der Waals surface area contributed by atoms with Gasteiger partial charge in [-0.3, -0.25) is 9.59 Å². The van der Waals surface area contributed by atoms with Gasteiger partial charge in [-0.05, 0) is 77.0 Å². The van der Waals surface area contributed by atoms with Gasteiger partial charge in [0.25, 0.3) is 0 Å². The third-order valence-corrected chi connectivity index (χ3v) is 10.9. The summed E-state index contributed by atoms with van der Waals surface area (Å²) in [5.41, 5.74) is 0. The van der Waals surface area contributed by atoms with Crippen LogP contribution >= 0.6 is 0 Å². The van der Waals surface area contributed by atoms with Crippen molar-refractivity contribution in [3.63, 3.8) is 0 Å². The minimum atomic E-state index is -0.695. The Bertz CT molecular complexity index is 915. The first-order valence-electron chi connectivity index (χ1n) is 24.2. The normalized spacial score (nSPS) is 13.0. The Kier molecular flexibility index (Phi) is 44.2. The second-order valence-corrected chi connectivity index (χ2v) is 16.4. The number of ether oxygens (including phenoxy) is 1. The number of rotatable bonds is 44. The maximum atomic E-state index is 12.4. The predicted molar refractivity (Wildman–Crippen MR) is 241 cm³/mol. The second-order valence-electron chi connectivity index (χ2n) is 16.4. The molecule has 2 unspecified atom stereocenters. The molecule has 2 atom stereocenters. The van der Waals surface area contributed by atoms with Crippen LogP contribution in [-0.4, -0.2) is 47.4 Å². The zero-order valence-electron chi connectivity index (χ0n) is 37.1. The number of hydrogen-bond acceptors (Lipinski definition) is 5. The first-order chi connectivity index (χ1) is 27.5. The molecule has 6 nitrogen and oxygen atoms in total. The van der Waals surface area contributed by atoms with Gasteiger partial charge < -0.3 is 20.3 Å². The van der Waals surface area contributed by atoms with Crippen LogP contribution in [0.2, 0.25) is 0 Å². The van der Waals surface area contributed by atoms with Crippen molar-refractivity contribution in [1.82, 2.24) is 5.32 Å². The molecule has 1 amide bonds. The third kappa shape index (κ3) is 41.7. The average Bonchev–Trinajstić information content (AvgIpc) is 3.20. The van der Waals surface area contributed by atoms with Crippen molar-refractivity contribution in [3.05, 3.63) is 36.5 Å². The van der Waals surface area contributed by atoms with Crippen molar-refractivity contribution < 1.29 is 24.5 Å². The lowest BCUT2D eigenvalue weighted by Crippen LogP contribution is -2.45. The maximum Gasteiger partial charge on any atom is 0.305 e. The maximum absolute atomic E-state index is 12.4. The van der Waals surface area contributed by atoms with Gasteiger partial charge in [-0.25, -0.2) is 0 Å². The highest BCUT2D eigenvalue weighted by Gasteiger charge is 2.19. The van der Waals surface area contributed by atoms with Gasteiger partial charge in [0.05, 0.1) is 25.4 Å². The van der Waals surface area contributed by atoms with Gasteiger partial charge in [0.1, 0.15) is 0 Å². The van der Waals surface area contributed by atoms with Crippen LogP contribution in [0.15, 0.2) is 36.5 Å². The quantitative estimate of drug-likeness (QED) is 0.0325. The number of aliphatic hydroxyl groups excluding tert-OH is 2. The molecule has 3 N–H and O–H groups in total. The number of allylic oxidation sites excluding steroid dienone is 6. The van der Waals surface area contributed by atoms with Crippen molar-refractivity contribution in [3.8, 4) is 0 Å². The Labute approximate surface area is 347 Å². The van der Waals surface area contributed by atoms with E-state index in [-0.39, 0.29) is 18.5 Å². The van der Waals surface area contributed by atoms with E-state index in [1.165, 1.54) is 135 Å². The van der Waals surface area contributed by atoms with Crippen LogP contribution in [0.5, 0.6) is 0 Å². The summed E-state index contributed by atoms with van der Waals surface area (Å²) in [5.74, 6) is -0.142. The van der Waals surface area contributed by atoms with Crippen molar-refractivity contribution >= 4 is 11.9 Å². The zero-order chi connectivity index (χ0) is 40.8. The molecule has 0 radical (unpaired) electrons. The topological polar surface area (TPSA) is 95.9 Å². The van der Waals surface area contributed by atoms with Crippen LogP contribution in [-0.2, 0) is 14.3 Å². The molecule has 0 saturated carbocycles. The van der Waals surface area contributed by atoms with Gasteiger partial charge in [-0.2, -0.15) is 0 Å². The minimum Gasteiger partial charge on any atom is -0.466 e. The Morgan fingerprint density at radius 2 is 0.911 bits per heavy atom. The number of unbranched alkanes of at least 4 members (excludes halogenated alkanes) is 27. The van der Waals surface area contributed by atoms with Gasteiger partial charge in [0.15, 0.2) is 0 Å². The fourth-order valence-corrected chi connectivity index (χ4v) is 7.14. The van der Waals surface area contributed by atoms with Crippen molar-refractivity contribution in [1.29, 1.82) is 0 Å². The zero-order valence-corrected chi connectivity index (χ0v) is 37.1.